The maximum Gasteiger partial charge on any atom is 0.488 e. The highest BCUT2D eigenvalue weighted by molar-refractivity contribution is 7.81. The van der Waals surface area contributed by atoms with Crippen LogP contribution in [-0.4, -0.2) is 32.2 Å². The summed E-state index contributed by atoms with van der Waals surface area (Å²) in [6.45, 7) is 3.24. The fourth-order valence-corrected chi connectivity index (χ4v) is 1.59. The molecule has 1 amide bonds. The SMILES string of the molecule is C=CCOC(=O)Nc1ccc(OS(=O)(=O)F)cc1C(=O)O. The minimum Gasteiger partial charge on any atom is -0.478 e. The highest BCUT2D eigenvalue weighted by Crippen LogP contribution is 2.24. The molecule has 0 saturated carbocycles. The van der Waals surface area contributed by atoms with Crippen molar-refractivity contribution in [3.8, 4) is 5.75 Å². The van der Waals surface area contributed by atoms with Crippen molar-refractivity contribution in [1.82, 2.24) is 0 Å². The first kappa shape index (κ1) is 16.4. The van der Waals surface area contributed by atoms with Crippen LogP contribution in [0, 0.1) is 0 Å². The molecular weight excluding hydrogens is 309 g/mol. The van der Waals surface area contributed by atoms with Gasteiger partial charge in [-0.05, 0) is 18.2 Å². The lowest BCUT2D eigenvalue weighted by Gasteiger charge is -2.09. The third kappa shape index (κ3) is 5.48. The van der Waals surface area contributed by atoms with Crippen molar-refractivity contribution in [2.75, 3.05) is 11.9 Å². The van der Waals surface area contributed by atoms with Gasteiger partial charge in [0.1, 0.15) is 12.4 Å². The zero-order chi connectivity index (χ0) is 16.0. The first-order chi connectivity index (χ1) is 9.73. The summed E-state index contributed by atoms with van der Waals surface area (Å²) >= 11 is 0. The number of aromatic carboxylic acids is 1. The fraction of sp³-hybridized carbons (Fsp3) is 0.0909. The predicted octanol–water partition coefficient (Wildman–Crippen LogP) is 1.71. The van der Waals surface area contributed by atoms with Crippen molar-refractivity contribution in [3.63, 3.8) is 0 Å². The maximum absolute atomic E-state index is 12.4. The number of carboxylic acid groups (broad SMARTS) is 1. The van der Waals surface area contributed by atoms with Gasteiger partial charge in [0.15, 0.2) is 0 Å². The van der Waals surface area contributed by atoms with Crippen LogP contribution in [0.25, 0.3) is 0 Å². The molecule has 0 unspecified atom stereocenters. The quantitative estimate of drug-likeness (QED) is 0.605. The molecule has 0 atom stereocenters. The molecule has 8 nitrogen and oxygen atoms in total. The van der Waals surface area contributed by atoms with E-state index in [1.165, 1.54) is 6.08 Å². The molecule has 0 radical (unpaired) electrons. The number of carbonyl (C=O) groups excluding carboxylic acids is 1. The number of rotatable bonds is 6. The average Bonchev–Trinajstić information content (AvgIpc) is 2.36. The van der Waals surface area contributed by atoms with Gasteiger partial charge in [-0.3, -0.25) is 5.32 Å². The van der Waals surface area contributed by atoms with Gasteiger partial charge in [0.2, 0.25) is 0 Å². The monoisotopic (exact) mass is 319 g/mol. The maximum atomic E-state index is 12.4. The van der Waals surface area contributed by atoms with E-state index in [1.54, 1.807) is 0 Å². The van der Waals surface area contributed by atoms with Crippen LogP contribution in [0.4, 0.5) is 14.4 Å². The number of benzene rings is 1. The zero-order valence-electron chi connectivity index (χ0n) is 10.4. The van der Waals surface area contributed by atoms with Gasteiger partial charge in [0.05, 0.1) is 11.3 Å². The van der Waals surface area contributed by atoms with Gasteiger partial charge in [-0.1, -0.05) is 16.5 Å². The Kier molecular flexibility index (Phi) is 5.24. The van der Waals surface area contributed by atoms with E-state index in [4.69, 9.17) is 5.11 Å². The largest absolute Gasteiger partial charge is 0.488 e. The number of carboxylic acids is 1. The average molecular weight is 319 g/mol. The van der Waals surface area contributed by atoms with Crippen molar-refractivity contribution >= 4 is 28.3 Å². The summed E-state index contributed by atoms with van der Waals surface area (Å²) in [5, 5.41) is 11.1. The predicted molar refractivity (Wildman–Crippen MR) is 69.2 cm³/mol. The topological polar surface area (TPSA) is 119 Å². The molecule has 1 rings (SSSR count). The molecule has 10 heteroatoms. The van der Waals surface area contributed by atoms with E-state index < -0.39 is 33.9 Å². The number of anilines is 1. The summed E-state index contributed by atoms with van der Waals surface area (Å²) in [5.74, 6) is -2.05. The standard InChI is InChI=1S/C11H10FNO7S/c1-2-5-19-11(16)13-9-4-3-7(20-21(12,17)18)6-8(9)10(14)15/h2-4,6H,1,5H2,(H,13,16)(H,14,15). The second-order valence-electron chi connectivity index (χ2n) is 3.50. The smallest absolute Gasteiger partial charge is 0.478 e. The molecule has 114 valence electrons. The number of ether oxygens (including phenoxy) is 1. The molecule has 0 saturated heterocycles. The van der Waals surface area contributed by atoms with Crippen LogP contribution >= 0.6 is 0 Å². The number of halogens is 1. The molecule has 2 N–H and O–H groups in total. The Morgan fingerprint density at radius 2 is 2.10 bits per heavy atom. The van der Waals surface area contributed by atoms with Gasteiger partial charge in [0.25, 0.3) is 0 Å². The van der Waals surface area contributed by atoms with Crippen LogP contribution in [0.3, 0.4) is 0 Å². The Hall–Kier alpha value is -2.62. The number of carbonyl (C=O) groups is 2. The van der Waals surface area contributed by atoms with E-state index in [0.717, 1.165) is 18.2 Å². The molecule has 0 fully saturated rings. The lowest BCUT2D eigenvalue weighted by molar-refractivity contribution is 0.0697. The zero-order valence-corrected chi connectivity index (χ0v) is 11.2. The van der Waals surface area contributed by atoms with E-state index in [0.29, 0.717) is 0 Å². The summed E-state index contributed by atoms with van der Waals surface area (Å²) in [5.41, 5.74) is -0.688. The van der Waals surface area contributed by atoms with Crippen molar-refractivity contribution in [1.29, 1.82) is 0 Å². The highest BCUT2D eigenvalue weighted by Gasteiger charge is 2.17. The van der Waals surface area contributed by atoms with Crippen LogP contribution in [-0.2, 0) is 15.2 Å². The first-order valence-electron chi connectivity index (χ1n) is 5.29. The van der Waals surface area contributed by atoms with E-state index in [2.05, 4.69) is 20.8 Å². The lowest BCUT2D eigenvalue weighted by atomic mass is 10.1. The van der Waals surface area contributed by atoms with Crippen LogP contribution in [0.2, 0.25) is 0 Å². The van der Waals surface area contributed by atoms with Gasteiger partial charge in [-0.25, -0.2) is 9.59 Å². The molecule has 0 bridgehead atoms. The summed E-state index contributed by atoms with van der Waals surface area (Å²) in [6, 6.07) is 2.73. The van der Waals surface area contributed by atoms with Gasteiger partial charge < -0.3 is 14.0 Å². The van der Waals surface area contributed by atoms with E-state index in [-0.39, 0.29) is 12.3 Å². The molecule has 0 aliphatic rings. The normalized spacial score (nSPS) is 10.5. The minimum absolute atomic E-state index is 0.0878. The summed E-state index contributed by atoms with van der Waals surface area (Å²) < 4.78 is 41.5. The minimum atomic E-state index is -5.28. The van der Waals surface area contributed by atoms with E-state index in [9.17, 15) is 21.9 Å². The van der Waals surface area contributed by atoms with Crippen LogP contribution in [0.5, 0.6) is 5.75 Å². The summed E-state index contributed by atoms with van der Waals surface area (Å²) in [7, 11) is -5.28. The van der Waals surface area contributed by atoms with Crippen LogP contribution < -0.4 is 9.50 Å². The van der Waals surface area contributed by atoms with Crippen LogP contribution in [0.15, 0.2) is 30.9 Å². The third-order valence-electron chi connectivity index (χ3n) is 1.99. The molecule has 0 spiro atoms. The molecule has 0 aromatic heterocycles. The molecule has 0 heterocycles. The summed E-state index contributed by atoms with van der Waals surface area (Å²) in [6.07, 6.45) is 0.366. The Bertz CT molecular complexity index is 671. The Morgan fingerprint density at radius 1 is 1.43 bits per heavy atom. The fourth-order valence-electron chi connectivity index (χ4n) is 1.26. The number of hydrogen-bond acceptors (Lipinski definition) is 6. The molecule has 21 heavy (non-hydrogen) atoms. The first-order valence-corrected chi connectivity index (χ1v) is 6.60. The molecule has 0 aliphatic carbocycles. The molecular formula is C11H10FNO7S. The number of amides is 1. The summed E-state index contributed by atoms with van der Waals surface area (Å²) in [4.78, 5) is 22.3. The molecule has 1 aromatic carbocycles. The van der Waals surface area contributed by atoms with Gasteiger partial charge in [-0.2, -0.15) is 8.42 Å². The van der Waals surface area contributed by atoms with E-state index in [1.807, 2.05) is 0 Å². The molecule has 1 aromatic rings. The number of hydrogen-bond donors (Lipinski definition) is 2. The Morgan fingerprint density at radius 3 is 2.62 bits per heavy atom. The second-order valence-corrected chi connectivity index (χ2v) is 4.45. The Labute approximate surface area is 119 Å². The van der Waals surface area contributed by atoms with Crippen molar-refractivity contribution in [3.05, 3.63) is 36.4 Å². The van der Waals surface area contributed by atoms with Crippen molar-refractivity contribution < 1.29 is 35.9 Å². The van der Waals surface area contributed by atoms with Gasteiger partial charge in [0, 0.05) is 0 Å². The highest BCUT2D eigenvalue weighted by atomic mass is 32.3. The lowest BCUT2D eigenvalue weighted by Crippen LogP contribution is -2.16. The molecule has 0 aliphatic heterocycles. The third-order valence-corrected chi connectivity index (χ3v) is 2.38. The van der Waals surface area contributed by atoms with Gasteiger partial charge >= 0.3 is 22.6 Å². The van der Waals surface area contributed by atoms with Gasteiger partial charge in [-0.15, -0.1) is 0 Å². The van der Waals surface area contributed by atoms with Crippen LogP contribution in [0.1, 0.15) is 10.4 Å². The number of nitrogens with one attached hydrogen (secondary N) is 1. The Balaban J connectivity index is 3.02. The van der Waals surface area contributed by atoms with Crippen molar-refractivity contribution in [2.45, 2.75) is 0 Å². The van der Waals surface area contributed by atoms with E-state index >= 15 is 0 Å². The second kappa shape index (κ2) is 6.70. The van der Waals surface area contributed by atoms with Crippen molar-refractivity contribution in [2.24, 2.45) is 0 Å².